The van der Waals surface area contributed by atoms with Crippen LogP contribution in [0.5, 0.6) is 0 Å². The van der Waals surface area contributed by atoms with E-state index in [0.717, 1.165) is 28.2 Å². The number of allylic oxidation sites excluding steroid dienone is 1. The zero-order valence-electron chi connectivity index (χ0n) is 15.3. The number of aromatic nitrogens is 1. The van der Waals surface area contributed by atoms with E-state index in [2.05, 4.69) is 6.07 Å². The third-order valence-electron chi connectivity index (χ3n) is 4.45. The predicted molar refractivity (Wildman–Crippen MR) is 112 cm³/mol. The third kappa shape index (κ3) is 4.02. The fraction of sp³-hybridized carbons (Fsp3) is 0.0952. The largest absolute Gasteiger partial charge is 0.318 e. The Morgan fingerprint density at radius 3 is 2.39 bits per heavy atom. The molecule has 2 N–H and O–H groups in total. The van der Waals surface area contributed by atoms with Gasteiger partial charge in [0.15, 0.2) is 0 Å². The molecule has 5 nitrogen and oxygen atoms in total. The first kappa shape index (κ1) is 19.9. The summed E-state index contributed by atoms with van der Waals surface area (Å²) in [5.41, 5.74) is 4.84. The molecule has 1 aromatic heterocycles. The molecule has 2 aromatic carbocycles. The predicted octanol–water partition coefficient (Wildman–Crippen LogP) is 4.46. The van der Waals surface area contributed by atoms with Crippen molar-refractivity contribution in [3.8, 4) is 11.8 Å². The van der Waals surface area contributed by atoms with Crippen molar-refractivity contribution in [1.82, 2.24) is 4.57 Å². The number of nitrogens with zero attached hydrogens (tertiary/aromatic N) is 2. The normalized spacial score (nSPS) is 12.0. The summed E-state index contributed by atoms with van der Waals surface area (Å²) < 4.78 is 24.9. The number of hydrogen-bond donors (Lipinski definition) is 1. The van der Waals surface area contributed by atoms with E-state index in [4.69, 9.17) is 16.7 Å². The molecule has 0 amide bonds. The van der Waals surface area contributed by atoms with Crippen LogP contribution in [0.4, 0.5) is 0 Å². The highest BCUT2D eigenvalue weighted by Crippen LogP contribution is 2.26. The Kier molecular flexibility index (Phi) is 5.43. The van der Waals surface area contributed by atoms with E-state index < -0.39 is 10.0 Å². The van der Waals surface area contributed by atoms with Gasteiger partial charge in [0.05, 0.1) is 16.5 Å². The summed E-state index contributed by atoms with van der Waals surface area (Å²) in [6, 6.07) is 17.7. The van der Waals surface area contributed by atoms with Crippen molar-refractivity contribution in [1.29, 1.82) is 5.26 Å². The van der Waals surface area contributed by atoms with Gasteiger partial charge in [-0.3, -0.25) is 0 Å². The van der Waals surface area contributed by atoms with Gasteiger partial charge in [0.1, 0.15) is 0 Å². The van der Waals surface area contributed by atoms with Crippen LogP contribution in [0.15, 0.2) is 59.5 Å². The summed E-state index contributed by atoms with van der Waals surface area (Å²) in [5.74, 6) is 0. The molecule has 0 radical (unpaired) electrons. The summed E-state index contributed by atoms with van der Waals surface area (Å²) in [4.78, 5) is 0.0616. The number of benzene rings is 2. The molecule has 0 aliphatic rings. The van der Waals surface area contributed by atoms with Crippen LogP contribution >= 0.6 is 11.6 Å². The molecule has 7 heteroatoms. The number of rotatable bonds is 4. The molecule has 0 saturated carbocycles. The van der Waals surface area contributed by atoms with Crippen molar-refractivity contribution in [2.24, 2.45) is 5.14 Å². The minimum Gasteiger partial charge on any atom is -0.318 e. The number of sulfonamides is 1. The van der Waals surface area contributed by atoms with E-state index in [1.165, 1.54) is 12.1 Å². The van der Waals surface area contributed by atoms with Crippen LogP contribution in [-0.4, -0.2) is 13.0 Å². The van der Waals surface area contributed by atoms with Crippen LogP contribution in [0, 0.1) is 25.2 Å². The highest BCUT2D eigenvalue weighted by Gasteiger charge is 2.13. The van der Waals surface area contributed by atoms with Crippen LogP contribution in [0.2, 0.25) is 5.02 Å². The Bertz CT molecular complexity index is 1220. The standard InChI is InChI=1S/C21H18ClN3O2S/c1-14-10-17(11-18(13-23)16-4-3-5-19(22)12-16)15(2)25(14)20-6-8-21(9-7-20)28(24,26)27/h3-12H,1-2H3,(H2,24,26,27). The lowest BCUT2D eigenvalue weighted by atomic mass is 10.0. The minimum absolute atomic E-state index is 0.0616. The molecule has 3 aromatic rings. The van der Waals surface area contributed by atoms with E-state index >= 15 is 0 Å². The molecule has 142 valence electrons. The van der Waals surface area contributed by atoms with Crippen molar-refractivity contribution in [2.45, 2.75) is 18.7 Å². The molecule has 0 unspecified atom stereocenters. The van der Waals surface area contributed by atoms with Gasteiger partial charge in [0.25, 0.3) is 0 Å². The number of nitrogens with two attached hydrogens (primary N) is 1. The number of nitriles is 1. The van der Waals surface area contributed by atoms with Gasteiger partial charge in [0.2, 0.25) is 10.0 Å². The average molecular weight is 412 g/mol. The number of aryl methyl sites for hydroxylation is 1. The lowest BCUT2D eigenvalue weighted by Crippen LogP contribution is -2.12. The lowest BCUT2D eigenvalue weighted by molar-refractivity contribution is 0.598. The molecular formula is C21H18ClN3O2S. The molecule has 0 aliphatic carbocycles. The first-order valence-electron chi connectivity index (χ1n) is 8.40. The Labute approximate surface area is 169 Å². The maximum absolute atomic E-state index is 11.5. The summed E-state index contributed by atoms with van der Waals surface area (Å²) in [6.07, 6.45) is 1.82. The Balaban J connectivity index is 2.06. The van der Waals surface area contributed by atoms with Gasteiger partial charge >= 0.3 is 0 Å². The van der Waals surface area contributed by atoms with Crippen molar-refractivity contribution < 1.29 is 8.42 Å². The molecule has 0 spiro atoms. The molecule has 0 atom stereocenters. The molecule has 28 heavy (non-hydrogen) atoms. The molecule has 0 bridgehead atoms. The van der Waals surface area contributed by atoms with Gasteiger partial charge in [-0.2, -0.15) is 5.26 Å². The zero-order chi connectivity index (χ0) is 20.5. The highest BCUT2D eigenvalue weighted by atomic mass is 35.5. The van der Waals surface area contributed by atoms with Crippen LogP contribution in [0.1, 0.15) is 22.5 Å². The van der Waals surface area contributed by atoms with Crippen molar-refractivity contribution in [3.63, 3.8) is 0 Å². The van der Waals surface area contributed by atoms with Crippen molar-refractivity contribution >= 4 is 33.3 Å². The fourth-order valence-electron chi connectivity index (χ4n) is 3.11. The van der Waals surface area contributed by atoms with E-state index in [1.54, 1.807) is 30.3 Å². The molecular weight excluding hydrogens is 394 g/mol. The second-order valence-electron chi connectivity index (χ2n) is 6.38. The maximum Gasteiger partial charge on any atom is 0.238 e. The highest BCUT2D eigenvalue weighted by molar-refractivity contribution is 7.89. The first-order chi connectivity index (χ1) is 13.2. The topological polar surface area (TPSA) is 88.9 Å². The SMILES string of the molecule is Cc1cc(C=C(C#N)c2cccc(Cl)c2)c(C)n1-c1ccc(S(N)(=O)=O)cc1. The minimum atomic E-state index is -3.74. The van der Waals surface area contributed by atoms with Gasteiger partial charge in [-0.1, -0.05) is 23.7 Å². The average Bonchev–Trinajstić information content (AvgIpc) is 2.92. The van der Waals surface area contributed by atoms with E-state index in [-0.39, 0.29) is 4.90 Å². The second kappa shape index (κ2) is 7.64. The summed E-state index contributed by atoms with van der Waals surface area (Å²) in [5, 5.41) is 15.3. The van der Waals surface area contributed by atoms with Gasteiger partial charge in [-0.25, -0.2) is 13.6 Å². The quantitative estimate of drug-likeness (QED) is 0.642. The molecule has 3 rings (SSSR count). The van der Waals surface area contributed by atoms with Crippen molar-refractivity contribution in [3.05, 3.63) is 82.1 Å². The zero-order valence-corrected chi connectivity index (χ0v) is 16.9. The van der Waals surface area contributed by atoms with Crippen LogP contribution < -0.4 is 5.14 Å². The lowest BCUT2D eigenvalue weighted by Gasteiger charge is -2.10. The van der Waals surface area contributed by atoms with E-state index in [9.17, 15) is 13.7 Å². The van der Waals surface area contributed by atoms with Gasteiger partial charge in [-0.05, 0) is 73.5 Å². The maximum atomic E-state index is 11.5. The molecule has 0 aliphatic heterocycles. The van der Waals surface area contributed by atoms with Gasteiger partial charge in [-0.15, -0.1) is 0 Å². The summed E-state index contributed by atoms with van der Waals surface area (Å²) in [7, 11) is -3.74. The molecule has 1 heterocycles. The van der Waals surface area contributed by atoms with Crippen molar-refractivity contribution in [2.75, 3.05) is 0 Å². The number of hydrogen-bond acceptors (Lipinski definition) is 3. The van der Waals surface area contributed by atoms with Gasteiger partial charge in [0, 0.05) is 22.1 Å². The third-order valence-corrected chi connectivity index (χ3v) is 5.61. The Hall–Kier alpha value is -2.85. The number of halogens is 1. The summed E-state index contributed by atoms with van der Waals surface area (Å²) >= 11 is 6.04. The van der Waals surface area contributed by atoms with Crippen LogP contribution in [0.25, 0.3) is 17.3 Å². The summed E-state index contributed by atoms with van der Waals surface area (Å²) in [6.45, 7) is 3.89. The van der Waals surface area contributed by atoms with Gasteiger partial charge < -0.3 is 4.57 Å². The first-order valence-corrected chi connectivity index (χ1v) is 10.3. The Morgan fingerprint density at radius 1 is 1.14 bits per heavy atom. The number of primary sulfonamides is 1. The monoisotopic (exact) mass is 411 g/mol. The smallest absolute Gasteiger partial charge is 0.238 e. The second-order valence-corrected chi connectivity index (χ2v) is 8.38. The molecule has 0 saturated heterocycles. The van der Waals surface area contributed by atoms with E-state index in [0.29, 0.717) is 10.6 Å². The Morgan fingerprint density at radius 2 is 1.82 bits per heavy atom. The van der Waals surface area contributed by atoms with E-state index in [1.807, 2.05) is 36.6 Å². The fourth-order valence-corrected chi connectivity index (χ4v) is 3.81. The molecule has 0 fully saturated rings. The van der Waals surface area contributed by atoms with Crippen LogP contribution in [0.3, 0.4) is 0 Å². The van der Waals surface area contributed by atoms with Crippen LogP contribution in [-0.2, 0) is 10.0 Å².